The molecule has 1 nitrogen and oxygen atoms in total. The Bertz CT molecular complexity index is 576. The molecule has 0 aliphatic heterocycles. The lowest BCUT2D eigenvalue weighted by Crippen LogP contribution is -2.08. The van der Waals surface area contributed by atoms with Gasteiger partial charge in [-0.05, 0) is 17.5 Å². The van der Waals surface area contributed by atoms with Gasteiger partial charge in [0.2, 0.25) is 0 Å². The molecule has 0 fully saturated rings. The largest absolute Gasteiger partial charge is 0.416 e. The van der Waals surface area contributed by atoms with Crippen molar-refractivity contribution in [3.05, 3.63) is 40.2 Å². The van der Waals surface area contributed by atoms with Gasteiger partial charge in [-0.1, -0.05) is 32.9 Å². The molecule has 2 rings (SSSR count). The number of hydrogen-bond acceptors (Lipinski definition) is 2. The molecule has 0 saturated carbocycles. The molecule has 5 heteroatoms. The Morgan fingerprint density at radius 3 is 2.15 bits per heavy atom. The maximum Gasteiger partial charge on any atom is 0.416 e. The van der Waals surface area contributed by atoms with Crippen LogP contribution < -0.4 is 0 Å². The normalized spacial score (nSPS) is 12.7. The van der Waals surface area contributed by atoms with Crippen LogP contribution in [0.25, 0.3) is 11.3 Å². The van der Waals surface area contributed by atoms with E-state index in [9.17, 15) is 13.2 Å². The SMILES string of the molecule is CC(C)(C)Cc1nc(-c2ccc(C(F)(F)F)cc2)cs1. The second-order valence-electron chi connectivity index (χ2n) is 5.94. The highest BCUT2D eigenvalue weighted by atomic mass is 32.1. The van der Waals surface area contributed by atoms with E-state index in [-0.39, 0.29) is 5.41 Å². The third kappa shape index (κ3) is 3.82. The molecule has 0 atom stereocenters. The highest BCUT2D eigenvalue weighted by molar-refractivity contribution is 7.09. The summed E-state index contributed by atoms with van der Waals surface area (Å²) in [5, 5.41) is 2.90. The minimum atomic E-state index is -4.29. The van der Waals surface area contributed by atoms with Gasteiger partial charge in [0.25, 0.3) is 0 Å². The number of rotatable bonds is 2. The second kappa shape index (κ2) is 5.20. The fourth-order valence-electron chi connectivity index (χ4n) is 1.81. The van der Waals surface area contributed by atoms with Crippen LogP contribution >= 0.6 is 11.3 Å². The van der Waals surface area contributed by atoms with E-state index < -0.39 is 11.7 Å². The van der Waals surface area contributed by atoms with Crippen molar-refractivity contribution >= 4 is 11.3 Å². The Labute approximate surface area is 120 Å². The molecule has 0 aliphatic rings. The number of alkyl halides is 3. The van der Waals surface area contributed by atoms with Crippen molar-refractivity contribution in [1.82, 2.24) is 4.98 Å². The number of thiazole rings is 1. The quantitative estimate of drug-likeness (QED) is 0.721. The van der Waals surface area contributed by atoms with E-state index in [2.05, 4.69) is 25.8 Å². The zero-order valence-electron chi connectivity index (χ0n) is 11.6. The van der Waals surface area contributed by atoms with Crippen LogP contribution in [-0.2, 0) is 12.6 Å². The molecule has 0 radical (unpaired) electrons. The van der Waals surface area contributed by atoms with Crippen molar-refractivity contribution in [2.75, 3.05) is 0 Å². The van der Waals surface area contributed by atoms with Gasteiger partial charge < -0.3 is 0 Å². The smallest absolute Gasteiger partial charge is 0.241 e. The molecule has 108 valence electrons. The van der Waals surface area contributed by atoms with Crippen molar-refractivity contribution in [3.63, 3.8) is 0 Å². The molecule has 0 saturated heterocycles. The molecular formula is C15H16F3NS. The van der Waals surface area contributed by atoms with Gasteiger partial charge in [-0.2, -0.15) is 13.2 Å². The number of aromatic nitrogens is 1. The summed E-state index contributed by atoms with van der Waals surface area (Å²) >= 11 is 1.55. The van der Waals surface area contributed by atoms with Gasteiger partial charge in [0, 0.05) is 17.4 Å². The number of hydrogen-bond donors (Lipinski definition) is 0. The molecule has 0 spiro atoms. The van der Waals surface area contributed by atoms with Crippen LogP contribution in [0.3, 0.4) is 0 Å². The van der Waals surface area contributed by atoms with E-state index in [0.717, 1.165) is 34.8 Å². The minimum absolute atomic E-state index is 0.148. The number of benzene rings is 1. The lowest BCUT2D eigenvalue weighted by molar-refractivity contribution is -0.137. The maximum absolute atomic E-state index is 12.5. The monoisotopic (exact) mass is 299 g/mol. The van der Waals surface area contributed by atoms with Crippen molar-refractivity contribution < 1.29 is 13.2 Å². The minimum Gasteiger partial charge on any atom is -0.241 e. The van der Waals surface area contributed by atoms with Crippen molar-refractivity contribution in [3.8, 4) is 11.3 Å². The van der Waals surface area contributed by atoms with Gasteiger partial charge in [-0.15, -0.1) is 11.3 Å². The van der Waals surface area contributed by atoms with Crippen molar-refractivity contribution in [1.29, 1.82) is 0 Å². The van der Waals surface area contributed by atoms with Crippen molar-refractivity contribution in [2.24, 2.45) is 5.41 Å². The van der Waals surface area contributed by atoms with Gasteiger partial charge in [-0.25, -0.2) is 4.98 Å². The Morgan fingerprint density at radius 1 is 1.05 bits per heavy atom. The highest BCUT2D eigenvalue weighted by Gasteiger charge is 2.30. The zero-order valence-corrected chi connectivity index (χ0v) is 12.4. The summed E-state index contributed by atoms with van der Waals surface area (Å²) in [6, 6.07) is 5.13. The Balaban J connectivity index is 2.20. The first-order valence-corrected chi connectivity index (χ1v) is 7.15. The molecule has 0 aliphatic carbocycles. The van der Waals surface area contributed by atoms with Gasteiger partial charge in [0.1, 0.15) is 0 Å². The molecular weight excluding hydrogens is 283 g/mol. The fourth-order valence-corrected chi connectivity index (χ4v) is 2.91. The number of nitrogens with zero attached hydrogens (tertiary/aromatic N) is 1. The number of halogens is 3. The second-order valence-corrected chi connectivity index (χ2v) is 6.88. The van der Waals surface area contributed by atoms with Crippen LogP contribution in [0.15, 0.2) is 29.6 Å². The Kier molecular flexibility index (Phi) is 3.91. The summed E-state index contributed by atoms with van der Waals surface area (Å²) < 4.78 is 37.5. The van der Waals surface area contributed by atoms with Gasteiger partial charge in [-0.3, -0.25) is 0 Å². The van der Waals surface area contributed by atoms with Crippen molar-refractivity contribution in [2.45, 2.75) is 33.4 Å². The van der Waals surface area contributed by atoms with Crippen LogP contribution in [0.1, 0.15) is 31.3 Å². The van der Waals surface area contributed by atoms with E-state index in [4.69, 9.17) is 0 Å². The molecule has 1 aromatic carbocycles. The first-order chi connectivity index (χ1) is 9.15. The lowest BCUT2D eigenvalue weighted by atomic mass is 9.93. The molecule has 0 N–H and O–H groups in total. The summed E-state index contributed by atoms with van der Waals surface area (Å²) in [6.45, 7) is 6.39. The van der Waals surface area contributed by atoms with E-state index in [1.165, 1.54) is 12.1 Å². The van der Waals surface area contributed by atoms with Crippen LogP contribution in [0.2, 0.25) is 0 Å². The highest BCUT2D eigenvalue weighted by Crippen LogP contribution is 2.32. The van der Waals surface area contributed by atoms with Crippen LogP contribution in [0.4, 0.5) is 13.2 Å². The van der Waals surface area contributed by atoms with Crippen LogP contribution in [0.5, 0.6) is 0 Å². The molecule has 20 heavy (non-hydrogen) atoms. The molecule has 0 unspecified atom stereocenters. The third-order valence-electron chi connectivity index (χ3n) is 2.74. The molecule has 2 aromatic rings. The predicted molar refractivity (Wildman–Crippen MR) is 75.7 cm³/mol. The molecule has 0 amide bonds. The zero-order chi connectivity index (χ0) is 15.0. The summed E-state index contributed by atoms with van der Waals surface area (Å²) in [7, 11) is 0. The first-order valence-electron chi connectivity index (χ1n) is 6.27. The van der Waals surface area contributed by atoms with E-state index in [1.54, 1.807) is 11.3 Å². The predicted octanol–water partition coefficient (Wildman–Crippen LogP) is 5.42. The van der Waals surface area contributed by atoms with E-state index in [1.807, 2.05) is 5.38 Å². The summed E-state index contributed by atoms with van der Waals surface area (Å²) in [6.07, 6.45) is -3.43. The van der Waals surface area contributed by atoms with Crippen LogP contribution in [0, 0.1) is 5.41 Å². The third-order valence-corrected chi connectivity index (χ3v) is 3.59. The Hall–Kier alpha value is -1.36. The summed E-state index contributed by atoms with van der Waals surface area (Å²) in [5.74, 6) is 0. The van der Waals surface area contributed by atoms with Crippen LogP contribution in [-0.4, -0.2) is 4.98 Å². The van der Waals surface area contributed by atoms with Gasteiger partial charge in [0.05, 0.1) is 16.3 Å². The average molecular weight is 299 g/mol. The lowest BCUT2D eigenvalue weighted by Gasteiger charge is -2.15. The first kappa shape index (κ1) is 15.0. The average Bonchev–Trinajstić information content (AvgIpc) is 2.74. The topological polar surface area (TPSA) is 12.9 Å². The maximum atomic E-state index is 12.5. The standard InChI is InChI=1S/C15H16F3NS/c1-14(2,3)8-13-19-12(9-20-13)10-4-6-11(7-5-10)15(16,17)18/h4-7,9H,8H2,1-3H3. The van der Waals surface area contributed by atoms with Gasteiger partial charge >= 0.3 is 6.18 Å². The Morgan fingerprint density at radius 2 is 1.65 bits per heavy atom. The summed E-state index contributed by atoms with van der Waals surface area (Å²) in [4.78, 5) is 4.49. The fraction of sp³-hybridized carbons (Fsp3) is 0.400. The molecule has 0 bridgehead atoms. The van der Waals surface area contributed by atoms with E-state index >= 15 is 0 Å². The summed E-state index contributed by atoms with van der Waals surface area (Å²) in [5.41, 5.74) is 0.971. The van der Waals surface area contributed by atoms with Gasteiger partial charge in [0.15, 0.2) is 0 Å². The molecule has 1 heterocycles. The molecule has 1 aromatic heterocycles. The van der Waals surface area contributed by atoms with E-state index in [0.29, 0.717) is 0 Å².